The van der Waals surface area contributed by atoms with Crippen molar-refractivity contribution in [1.29, 1.82) is 0 Å². The third-order valence-corrected chi connectivity index (χ3v) is 2.64. The summed E-state index contributed by atoms with van der Waals surface area (Å²) in [6, 6.07) is 3.36. The lowest BCUT2D eigenvalue weighted by molar-refractivity contribution is 0.168. The number of carbonyl (C=O) groups is 1. The average molecular weight is 304 g/mol. The first kappa shape index (κ1) is 13.6. The summed E-state index contributed by atoms with van der Waals surface area (Å²) < 4.78 is 15.7. The lowest BCUT2D eigenvalue weighted by Gasteiger charge is -2.12. The van der Waals surface area contributed by atoms with Crippen molar-refractivity contribution in [2.24, 2.45) is 0 Å². The molecule has 0 radical (unpaired) electrons. The molecular weight excluding hydrogens is 290 g/mol. The molecule has 0 heterocycles. The van der Waals surface area contributed by atoms with Gasteiger partial charge in [-0.25, -0.2) is 4.79 Å². The molecule has 0 unspecified atom stereocenters. The van der Waals surface area contributed by atoms with Crippen LogP contribution in [0.15, 0.2) is 16.6 Å². The number of anilines is 1. The van der Waals surface area contributed by atoms with Gasteiger partial charge in [0.2, 0.25) is 0 Å². The van der Waals surface area contributed by atoms with Gasteiger partial charge in [-0.1, -0.05) is 0 Å². The summed E-state index contributed by atoms with van der Waals surface area (Å²) in [6.45, 7) is 2.06. The molecule has 1 aromatic rings. The molecule has 94 valence electrons. The molecule has 6 heteroatoms. The van der Waals surface area contributed by atoms with Gasteiger partial charge in [0.15, 0.2) is 11.5 Å². The summed E-state index contributed by atoms with van der Waals surface area (Å²) in [7, 11) is 3.07. The molecule has 5 nitrogen and oxygen atoms in total. The zero-order chi connectivity index (χ0) is 12.8. The zero-order valence-electron chi connectivity index (χ0n) is 9.87. The fourth-order valence-corrected chi connectivity index (χ4v) is 1.65. The number of ether oxygens (including phenoxy) is 3. The van der Waals surface area contributed by atoms with Gasteiger partial charge in [0.25, 0.3) is 0 Å². The minimum atomic E-state index is -0.514. The SMILES string of the molecule is CCOC(=O)Nc1cc(OC)c(OC)cc1Br. The lowest BCUT2D eigenvalue weighted by Crippen LogP contribution is -2.13. The van der Waals surface area contributed by atoms with Crippen LogP contribution in [0.3, 0.4) is 0 Å². The van der Waals surface area contributed by atoms with E-state index in [2.05, 4.69) is 21.2 Å². The van der Waals surface area contributed by atoms with Crippen LogP contribution in [0.1, 0.15) is 6.92 Å². The number of carbonyl (C=O) groups excluding carboxylic acids is 1. The fraction of sp³-hybridized carbons (Fsp3) is 0.364. The fourth-order valence-electron chi connectivity index (χ4n) is 1.23. The van der Waals surface area contributed by atoms with E-state index in [9.17, 15) is 4.79 Å². The van der Waals surface area contributed by atoms with Crippen LogP contribution in [-0.4, -0.2) is 26.9 Å². The summed E-state index contributed by atoms with van der Waals surface area (Å²) in [4.78, 5) is 11.3. The van der Waals surface area contributed by atoms with Crippen LogP contribution in [0.5, 0.6) is 11.5 Å². The van der Waals surface area contributed by atoms with Crippen LogP contribution in [0.4, 0.5) is 10.5 Å². The minimum absolute atomic E-state index is 0.316. The van der Waals surface area contributed by atoms with E-state index in [0.717, 1.165) is 0 Å². The quantitative estimate of drug-likeness (QED) is 0.929. The van der Waals surface area contributed by atoms with Gasteiger partial charge < -0.3 is 14.2 Å². The predicted octanol–water partition coefficient (Wildman–Crippen LogP) is 3.03. The molecule has 1 N–H and O–H groups in total. The van der Waals surface area contributed by atoms with Crippen LogP contribution in [0.2, 0.25) is 0 Å². The highest BCUT2D eigenvalue weighted by atomic mass is 79.9. The molecule has 0 aliphatic carbocycles. The third kappa shape index (κ3) is 3.52. The molecule has 1 amide bonds. The number of rotatable bonds is 4. The van der Waals surface area contributed by atoms with Crippen molar-refractivity contribution in [3.8, 4) is 11.5 Å². The molecule has 0 aromatic heterocycles. The first-order chi connectivity index (χ1) is 8.12. The number of halogens is 1. The maximum atomic E-state index is 11.3. The van der Waals surface area contributed by atoms with Gasteiger partial charge in [-0.2, -0.15) is 0 Å². The average Bonchev–Trinajstić information content (AvgIpc) is 2.31. The number of hydrogen-bond donors (Lipinski definition) is 1. The second-order valence-corrected chi connectivity index (χ2v) is 3.89. The summed E-state index contributed by atoms with van der Waals surface area (Å²) in [6.07, 6.45) is -0.514. The highest BCUT2D eigenvalue weighted by Crippen LogP contribution is 2.36. The van der Waals surface area contributed by atoms with Gasteiger partial charge in [-0.05, 0) is 22.9 Å². The molecule has 1 aromatic carbocycles. The van der Waals surface area contributed by atoms with Crippen LogP contribution in [0, 0.1) is 0 Å². The van der Waals surface area contributed by atoms with Crippen molar-refractivity contribution >= 4 is 27.7 Å². The number of methoxy groups -OCH3 is 2. The zero-order valence-corrected chi connectivity index (χ0v) is 11.5. The molecule has 0 aliphatic heterocycles. The molecule has 0 spiro atoms. The number of amides is 1. The van der Waals surface area contributed by atoms with Crippen molar-refractivity contribution in [3.05, 3.63) is 16.6 Å². The van der Waals surface area contributed by atoms with Gasteiger partial charge in [-0.15, -0.1) is 0 Å². The smallest absolute Gasteiger partial charge is 0.411 e. The van der Waals surface area contributed by atoms with E-state index < -0.39 is 6.09 Å². The maximum Gasteiger partial charge on any atom is 0.411 e. The van der Waals surface area contributed by atoms with Gasteiger partial charge in [0.1, 0.15) is 0 Å². The van der Waals surface area contributed by atoms with Gasteiger partial charge in [0, 0.05) is 16.6 Å². The van der Waals surface area contributed by atoms with E-state index in [1.54, 1.807) is 26.2 Å². The van der Waals surface area contributed by atoms with Gasteiger partial charge >= 0.3 is 6.09 Å². The van der Waals surface area contributed by atoms with Gasteiger partial charge in [0.05, 0.1) is 26.5 Å². The largest absolute Gasteiger partial charge is 0.493 e. The standard InChI is InChI=1S/C11H14BrNO4/c1-4-17-11(14)13-8-6-10(16-3)9(15-2)5-7(8)12/h5-6H,4H2,1-3H3,(H,13,14). The van der Waals surface area contributed by atoms with Gasteiger partial charge in [-0.3, -0.25) is 5.32 Å². The van der Waals surface area contributed by atoms with E-state index in [0.29, 0.717) is 28.3 Å². The molecule has 17 heavy (non-hydrogen) atoms. The predicted molar refractivity (Wildman–Crippen MR) is 67.9 cm³/mol. The van der Waals surface area contributed by atoms with Crippen molar-refractivity contribution in [3.63, 3.8) is 0 Å². The maximum absolute atomic E-state index is 11.3. The molecule has 0 aliphatic rings. The van der Waals surface area contributed by atoms with E-state index in [4.69, 9.17) is 14.2 Å². The van der Waals surface area contributed by atoms with Crippen molar-refractivity contribution < 1.29 is 19.0 Å². The molecule has 0 saturated heterocycles. The van der Waals surface area contributed by atoms with Crippen molar-refractivity contribution in [2.75, 3.05) is 26.1 Å². The number of benzene rings is 1. The second-order valence-electron chi connectivity index (χ2n) is 3.03. The Morgan fingerprint density at radius 3 is 2.41 bits per heavy atom. The van der Waals surface area contributed by atoms with Crippen LogP contribution >= 0.6 is 15.9 Å². The Morgan fingerprint density at radius 1 is 1.29 bits per heavy atom. The summed E-state index contributed by atoms with van der Waals surface area (Å²) in [5.74, 6) is 1.11. The Labute approximate surface area is 108 Å². The highest BCUT2D eigenvalue weighted by Gasteiger charge is 2.11. The highest BCUT2D eigenvalue weighted by molar-refractivity contribution is 9.10. The molecule has 0 bridgehead atoms. The van der Waals surface area contributed by atoms with E-state index in [-0.39, 0.29) is 0 Å². The Kier molecular flexibility index (Phi) is 5.09. The molecule has 0 saturated carbocycles. The first-order valence-electron chi connectivity index (χ1n) is 4.97. The normalized spacial score (nSPS) is 9.65. The minimum Gasteiger partial charge on any atom is -0.493 e. The summed E-state index contributed by atoms with van der Waals surface area (Å²) in [5.41, 5.74) is 0.557. The second kappa shape index (κ2) is 6.34. The summed E-state index contributed by atoms with van der Waals surface area (Å²) in [5, 5.41) is 2.59. The Bertz CT molecular complexity index is 409. The lowest BCUT2D eigenvalue weighted by atomic mass is 10.3. The molecule has 0 atom stereocenters. The van der Waals surface area contributed by atoms with Crippen molar-refractivity contribution in [1.82, 2.24) is 0 Å². The number of hydrogen-bond acceptors (Lipinski definition) is 4. The van der Waals surface area contributed by atoms with Crippen molar-refractivity contribution in [2.45, 2.75) is 6.92 Å². The van der Waals surface area contributed by atoms with Crippen LogP contribution in [0.25, 0.3) is 0 Å². The Morgan fingerprint density at radius 2 is 1.88 bits per heavy atom. The molecule has 0 fully saturated rings. The topological polar surface area (TPSA) is 56.8 Å². The Balaban J connectivity index is 2.96. The van der Waals surface area contributed by atoms with E-state index >= 15 is 0 Å². The van der Waals surface area contributed by atoms with E-state index in [1.165, 1.54) is 7.11 Å². The number of nitrogens with one attached hydrogen (secondary N) is 1. The monoisotopic (exact) mass is 303 g/mol. The first-order valence-corrected chi connectivity index (χ1v) is 5.77. The molecular formula is C11H14BrNO4. The third-order valence-electron chi connectivity index (χ3n) is 1.99. The van der Waals surface area contributed by atoms with Crippen LogP contribution in [-0.2, 0) is 4.74 Å². The van der Waals surface area contributed by atoms with E-state index in [1.807, 2.05) is 0 Å². The molecule has 1 rings (SSSR count). The Hall–Kier alpha value is -1.43. The van der Waals surface area contributed by atoms with Crippen LogP contribution < -0.4 is 14.8 Å². The summed E-state index contributed by atoms with van der Waals surface area (Å²) >= 11 is 3.33.